The van der Waals surface area contributed by atoms with E-state index >= 15 is 0 Å². The minimum Gasteiger partial charge on any atom is -0.496 e. The number of rotatable bonds is 8. The molecule has 0 bridgehead atoms. The third kappa shape index (κ3) is 4.62. The van der Waals surface area contributed by atoms with Crippen LogP contribution < -0.4 is 10.3 Å². The molecule has 9 nitrogen and oxygen atoms in total. The first kappa shape index (κ1) is 24.8. The number of aromatic amines is 1. The molecule has 5 rings (SSSR count). The van der Waals surface area contributed by atoms with Crippen molar-refractivity contribution in [2.24, 2.45) is 0 Å². The number of H-pyrrole nitrogens is 1. The van der Waals surface area contributed by atoms with Crippen molar-refractivity contribution < 1.29 is 14.3 Å². The van der Waals surface area contributed by atoms with E-state index in [2.05, 4.69) is 21.9 Å². The number of piperazine rings is 1. The molecule has 194 valence electrons. The third-order valence-corrected chi connectivity index (χ3v) is 7.88. The average Bonchev–Trinajstić information content (AvgIpc) is 3.57. The van der Waals surface area contributed by atoms with Crippen molar-refractivity contribution in [1.82, 2.24) is 24.6 Å². The van der Waals surface area contributed by atoms with Gasteiger partial charge in [-0.2, -0.15) is 5.10 Å². The fraction of sp³-hybridized carbons (Fsp3) is 0.593. The van der Waals surface area contributed by atoms with Crippen LogP contribution in [-0.2, 0) is 4.74 Å². The highest BCUT2D eigenvalue weighted by Gasteiger charge is 2.29. The van der Waals surface area contributed by atoms with Gasteiger partial charge in [0.25, 0.3) is 11.5 Å². The second-order valence-corrected chi connectivity index (χ2v) is 10.2. The van der Waals surface area contributed by atoms with Gasteiger partial charge in [0.2, 0.25) is 0 Å². The molecule has 1 N–H and O–H groups in total. The van der Waals surface area contributed by atoms with E-state index in [0.717, 1.165) is 56.3 Å². The van der Waals surface area contributed by atoms with Crippen molar-refractivity contribution in [3.63, 3.8) is 0 Å². The van der Waals surface area contributed by atoms with E-state index in [9.17, 15) is 9.59 Å². The second kappa shape index (κ2) is 10.6. The first-order chi connectivity index (χ1) is 17.5. The maximum absolute atomic E-state index is 13.8. The number of ether oxygens (including phenoxy) is 2. The summed E-state index contributed by atoms with van der Waals surface area (Å²) in [6, 6.07) is 4.24. The molecule has 0 unspecified atom stereocenters. The van der Waals surface area contributed by atoms with E-state index in [1.807, 2.05) is 15.6 Å². The normalized spacial score (nSPS) is 19.5. The van der Waals surface area contributed by atoms with Crippen molar-refractivity contribution >= 4 is 27.7 Å². The van der Waals surface area contributed by atoms with Crippen LogP contribution >= 0.6 is 0 Å². The molecule has 0 spiro atoms. The number of nitrogens with zero attached hydrogens (tertiary/aromatic N) is 4. The first-order valence-corrected chi connectivity index (χ1v) is 13.1. The van der Waals surface area contributed by atoms with Crippen LogP contribution in [0.25, 0.3) is 21.8 Å². The maximum Gasteiger partial charge on any atom is 0.259 e. The lowest BCUT2D eigenvalue weighted by molar-refractivity contribution is 0.0503. The van der Waals surface area contributed by atoms with Gasteiger partial charge >= 0.3 is 0 Å². The summed E-state index contributed by atoms with van der Waals surface area (Å²) in [6.45, 7) is 6.18. The largest absolute Gasteiger partial charge is 0.496 e. The molecule has 1 aliphatic heterocycles. The van der Waals surface area contributed by atoms with Gasteiger partial charge in [-0.1, -0.05) is 12.8 Å². The number of pyridine rings is 1. The van der Waals surface area contributed by atoms with E-state index in [4.69, 9.17) is 9.47 Å². The Hall–Kier alpha value is -2.91. The number of amides is 1. The van der Waals surface area contributed by atoms with E-state index in [1.165, 1.54) is 12.8 Å². The van der Waals surface area contributed by atoms with Crippen molar-refractivity contribution in [2.75, 3.05) is 47.0 Å². The first-order valence-electron chi connectivity index (χ1n) is 13.1. The Balaban J connectivity index is 1.46. The quantitative estimate of drug-likeness (QED) is 0.480. The van der Waals surface area contributed by atoms with Crippen molar-refractivity contribution in [1.29, 1.82) is 0 Å². The van der Waals surface area contributed by atoms with Crippen molar-refractivity contribution in [3.8, 4) is 5.75 Å². The summed E-state index contributed by atoms with van der Waals surface area (Å²) in [7, 11) is 3.30. The summed E-state index contributed by atoms with van der Waals surface area (Å²) in [6.07, 6.45) is 8.24. The fourth-order valence-corrected chi connectivity index (χ4v) is 5.87. The zero-order chi connectivity index (χ0) is 25.2. The Morgan fingerprint density at radius 1 is 1.14 bits per heavy atom. The summed E-state index contributed by atoms with van der Waals surface area (Å²) in [5.41, 5.74) is 1.83. The van der Waals surface area contributed by atoms with Crippen LogP contribution in [0.15, 0.2) is 23.1 Å². The van der Waals surface area contributed by atoms with Gasteiger partial charge in [-0.15, -0.1) is 0 Å². The van der Waals surface area contributed by atoms with Crippen LogP contribution in [0.4, 0.5) is 0 Å². The summed E-state index contributed by atoms with van der Waals surface area (Å²) in [5.74, 6) is 0.440. The highest BCUT2D eigenvalue weighted by Crippen LogP contribution is 2.35. The molecule has 2 fully saturated rings. The molecule has 1 saturated carbocycles. The van der Waals surface area contributed by atoms with Gasteiger partial charge < -0.3 is 19.4 Å². The molecule has 36 heavy (non-hydrogen) atoms. The van der Waals surface area contributed by atoms with E-state index in [-0.39, 0.29) is 23.6 Å². The minimum atomic E-state index is -0.168. The number of methoxy groups -OCH3 is 2. The summed E-state index contributed by atoms with van der Waals surface area (Å²) < 4.78 is 12.8. The molecule has 2 aromatic heterocycles. The van der Waals surface area contributed by atoms with Gasteiger partial charge in [0.05, 0.1) is 41.3 Å². The van der Waals surface area contributed by atoms with Crippen LogP contribution in [0, 0.1) is 0 Å². The monoisotopic (exact) mass is 495 g/mol. The third-order valence-electron chi connectivity index (χ3n) is 7.88. The molecule has 3 heterocycles. The minimum absolute atomic E-state index is 0.0362. The van der Waals surface area contributed by atoms with Crippen LogP contribution in [-0.4, -0.2) is 83.5 Å². The number of carbonyl (C=O) groups is 1. The van der Waals surface area contributed by atoms with Crippen LogP contribution in [0.1, 0.15) is 61.8 Å². The number of hydrogen-bond donors (Lipinski definition) is 1. The summed E-state index contributed by atoms with van der Waals surface area (Å²) >= 11 is 0. The molecule has 1 saturated heterocycles. The Kier molecular flexibility index (Phi) is 7.29. The lowest BCUT2D eigenvalue weighted by Gasteiger charge is -2.40. The molecule has 1 atom stereocenters. The van der Waals surface area contributed by atoms with Crippen molar-refractivity contribution in [2.45, 2.75) is 57.5 Å². The number of unbranched alkanes of at least 4 members (excludes halogenated alkanes) is 1. The molecule has 0 radical (unpaired) electrons. The molecule has 1 aliphatic carbocycles. The second-order valence-electron chi connectivity index (χ2n) is 10.2. The van der Waals surface area contributed by atoms with E-state index in [1.54, 1.807) is 26.5 Å². The van der Waals surface area contributed by atoms with E-state index < -0.39 is 0 Å². The lowest BCUT2D eigenvalue weighted by Crippen LogP contribution is -2.53. The lowest BCUT2D eigenvalue weighted by atomic mass is 10.0. The summed E-state index contributed by atoms with van der Waals surface area (Å²) in [4.78, 5) is 33.9. The molecule has 2 aliphatic rings. The number of nitrogens with one attached hydrogen (secondary N) is 1. The van der Waals surface area contributed by atoms with Gasteiger partial charge in [-0.3, -0.25) is 19.2 Å². The molecular formula is C27H37N5O4. The molecule has 1 aromatic carbocycles. The smallest absolute Gasteiger partial charge is 0.259 e. The van der Waals surface area contributed by atoms with Gasteiger partial charge in [0.1, 0.15) is 5.75 Å². The van der Waals surface area contributed by atoms with Gasteiger partial charge in [0.15, 0.2) is 0 Å². The SMILES string of the molecule is COCCCCN1CCN(C(=O)c2cc3c(cc2OC)[nH]c(=O)c2cnn(C4CCCC4)c23)C[C@@H]1C. The fourth-order valence-electron chi connectivity index (χ4n) is 5.87. The maximum atomic E-state index is 13.8. The van der Waals surface area contributed by atoms with Gasteiger partial charge in [-0.05, 0) is 45.2 Å². The zero-order valence-corrected chi connectivity index (χ0v) is 21.6. The van der Waals surface area contributed by atoms with Crippen LogP contribution in [0.3, 0.4) is 0 Å². The number of fused-ring (bicyclic) bond motifs is 3. The Morgan fingerprint density at radius 3 is 2.67 bits per heavy atom. The van der Waals surface area contributed by atoms with Crippen LogP contribution in [0.5, 0.6) is 5.75 Å². The Bertz CT molecular complexity index is 1290. The zero-order valence-electron chi connectivity index (χ0n) is 21.6. The topological polar surface area (TPSA) is 92.7 Å². The molecule has 3 aromatic rings. The van der Waals surface area contributed by atoms with Crippen LogP contribution in [0.2, 0.25) is 0 Å². The number of hydrogen-bond acceptors (Lipinski definition) is 6. The number of benzene rings is 1. The highest BCUT2D eigenvalue weighted by molar-refractivity contribution is 6.08. The average molecular weight is 496 g/mol. The van der Waals surface area contributed by atoms with Crippen molar-refractivity contribution in [3.05, 3.63) is 34.2 Å². The Morgan fingerprint density at radius 2 is 1.94 bits per heavy atom. The number of carbonyl (C=O) groups excluding carboxylic acids is 1. The van der Waals surface area contributed by atoms with Gasteiger partial charge in [0, 0.05) is 50.8 Å². The molecule has 9 heteroatoms. The predicted octanol–water partition coefficient (Wildman–Crippen LogP) is 3.57. The highest BCUT2D eigenvalue weighted by atomic mass is 16.5. The molecular weight excluding hydrogens is 458 g/mol. The van der Waals surface area contributed by atoms with E-state index in [0.29, 0.717) is 35.3 Å². The number of aromatic nitrogens is 3. The van der Waals surface area contributed by atoms with Gasteiger partial charge in [-0.25, -0.2) is 0 Å². The predicted molar refractivity (Wildman–Crippen MR) is 140 cm³/mol. The summed E-state index contributed by atoms with van der Waals surface area (Å²) in [5, 5.41) is 6.01. The molecule has 1 amide bonds. The Labute approximate surface area is 211 Å². The standard InChI is InChI=1S/C27H37N5O4/c1-18-17-31(12-11-30(18)10-6-7-13-35-2)27(34)21-14-20-23(15-24(21)36-3)29-26(33)22-16-28-32(25(20)22)19-8-4-5-9-19/h14-16,18-19H,4-13,17H2,1-3H3,(H,29,33)/t18-/m0/s1.